The van der Waals surface area contributed by atoms with Crippen molar-refractivity contribution >= 4 is 5.97 Å². The molecule has 0 spiro atoms. The molecule has 246 valence electrons. The van der Waals surface area contributed by atoms with E-state index in [0.29, 0.717) is 56.9 Å². The maximum atomic E-state index is 14.9. The molecule has 15 heteroatoms. The Morgan fingerprint density at radius 3 is 2.46 bits per heavy atom. The van der Waals surface area contributed by atoms with Gasteiger partial charge < -0.3 is 24.1 Å². The number of carboxylic acids is 1. The predicted molar refractivity (Wildman–Crippen MR) is 145 cm³/mol. The molecule has 0 radical (unpaired) electrons. The highest BCUT2D eigenvalue weighted by Gasteiger charge is 2.55. The summed E-state index contributed by atoms with van der Waals surface area (Å²) < 4.78 is 107. The lowest BCUT2D eigenvalue weighted by atomic mass is 9.58. The van der Waals surface area contributed by atoms with Crippen molar-refractivity contribution < 1.29 is 55.2 Å². The molecule has 3 heterocycles. The number of ether oxygens (including phenoxy) is 4. The minimum atomic E-state index is -4.77. The van der Waals surface area contributed by atoms with Crippen LogP contribution in [0.25, 0.3) is 5.69 Å². The Bertz CT molecular complexity index is 1680. The number of carbonyl (C=O) groups is 1. The molecule has 3 fully saturated rings. The molecule has 3 saturated carbocycles. The Morgan fingerprint density at radius 1 is 1.09 bits per heavy atom. The maximum Gasteiger partial charge on any atom is 0.586 e. The summed E-state index contributed by atoms with van der Waals surface area (Å²) in [5, 5.41) is 13.7. The SMILES string of the molecule is C[C@@H](Oc1cc(-n2nc(C(F)(F)F)c3c2[C@@H](OC24CCC(C(=O)O)(CC2)CC4)CCC3)cnc1F)c1ccc2c(c1)OC(F)(F)O2. The van der Waals surface area contributed by atoms with Crippen LogP contribution in [0.1, 0.15) is 93.0 Å². The van der Waals surface area contributed by atoms with Gasteiger partial charge in [0.05, 0.1) is 28.6 Å². The van der Waals surface area contributed by atoms with Gasteiger partial charge in [0.25, 0.3) is 5.95 Å². The van der Waals surface area contributed by atoms with Gasteiger partial charge in [0, 0.05) is 11.6 Å². The fourth-order valence-corrected chi connectivity index (χ4v) is 7.22. The first kappa shape index (κ1) is 30.6. The lowest BCUT2D eigenvalue weighted by Crippen LogP contribution is -2.51. The molecule has 5 aliphatic rings. The van der Waals surface area contributed by atoms with Gasteiger partial charge in [0.2, 0.25) is 0 Å². The first-order chi connectivity index (χ1) is 21.7. The highest BCUT2D eigenvalue weighted by atomic mass is 19.4. The predicted octanol–water partition coefficient (Wildman–Crippen LogP) is 7.46. The van der Waals surface area contributed by atoms with Gasteiger partial charge in [0.15, 0.2) is 22.9 Å². The van der Waals surface area contributed by atoms with E-state index in [-0.39, 0.29) is 34.9 Å². The van der Waals surface area contributed by atoms with Crippen LogP contribution in [-0.4, -0.2) is 37.7 Å². The number of aromatic nitrogens is 3. The number of hydrogen-bond donors (Lipinski definition) is 1. The lowest BCUT2D eigenvalue weighted by Gasteiger charge is -2.52. The third-order valence-electron chi connectivity index (χ3n) is 9.75. The van der Waals surface area contributed by atoms with E-state index in [0.717, 1.165) is 10.9 Å². The summed E-state index contributed by atoms with van der Waals surface area (Å²) in [4.78, 5) is 15.6. The van der Waals surface area contributed by atoms with Crippen molar-refractivity contribution in [2.75, 3.05) is 0 Å². The summed E-state index contributed by atoms with van der Waals surface area (Å²) in [6.07, 6.45) is -5.55. The van der Waals surface area contributed by atoms with E-state index in [4.69, 9.17) is 9.47 Å². The van der Waals surface area contributed by atoms with Crippen LogP contribution in [0.4, 0.5) is 26.3 Å². The summed E-state index contributed by atoms with van der Waals surface area (Å²) in [6.45, 7) is 1.52. The molecular weight excluding hydrogens is 624 g/mol. The van der Waals surface area contributed by atoms with Gasteiger partial charge in [-0.15, -0.1) is 8.78 Å². The number of alkyl halides is 5. The Balaban J connectivity index is 1.20. The summed E-state index contributed by atoms with van der Waals surface area (Å²) in [5.74, 6) is -2.69. The Labute approximate surface area is 258 Å². The lowest BCUT2D eigenvalue weighted by molar-refractivity contribution is -0.286. The van der Waals surface area contributed by atoms with Gasteiger partial charge in [-0.1, -0.05) is 6.07 Å². The van der Waals surface area contributed by atoms with E-state index >= 15 is 0 Å². The van der Waals surface area contributed by atoms with Gasteiger partial charge >= 0.3 is 18.4 Å². The summed E-state index contributed by atoms with van der Waals surface area (Å²) in [5.41, 5.74) is -1.99. The van der Waals surface area contributed by atoms with Crippen LogP contribution in [-0.2, 0) is 22.1 Å². The second-order valence-corrected chi connectivity index (χ2v) is 12.5. The number of rotatable bonds is 7. The van der Waals surface area contributed by atoms with Crippen molar-refractivity contribution in [1.82, 2.24) is 14.8 Å². The minimum Gasteiger partial charge on any atom is -0.481 e. The molecule has 0 unspecified atom stereocenters. The molecule has 0 amide bonds. The number of fused-ring (bicyclic) bond motifs is 5. The number of aliphatic carboxylic acids is 1. The van der Waals surface area contributed by atoms with Crippen molar-refractivity contribution in [2.24, 2.45) is 5.41 Å². The van der Waals surface area contributed by atoms with Gasteiger partial charge in [-0.25, -0.2) is 9.67 Å². The molecular formula is C31H29F6N3O6. The van der Waals surface area contributed by atoms with Crippen LogP contribution in [0.2, 0.25) is 0 Å². The zero-order chi connectivity index (χ0) is 32.6. The smallest absolute Gasteiger partial charge is 0.481 e. The van der Waals surface area contributed by atoms with Crippen LogP contribution in [0.5, 0.6) is 17.2 Å². The average Bonchev–Trinajstić information content (AvgIpc) is 3.56. The topological polar surface area (TPSA) is 105 Å². The number of carboxylic acid groups (broad SMARTS) is 1. The molecule has 4 aliphatic carbocycles. The van der Waals surface area contributed by atoms with E-state index in [1.54, 1.807) is 0 Å². The van der Waals surface area contributed by atoms with Crippen LogP contribution >= 0.6 is 0 Å². The zero-order valence-corrected chi connectivity index (χ0v) is 24.5. The molecule has 8 rings (SSSR count). The number of benzene rings is 1. The molecule has 2 atom stereocenters. The quantitative estimate of drug-likeness (QED) is 0.207. The monoisotopic (exact) mass is 653 g/mol. The molecule has 9 nitrogen and oxygen atoms in total. The third kappa shape index (κ3) is 5.21. The number of pyridine rings is 1. The Hall–Kier alpha value is -4.01. The molecule has 2 bridgehead atoms. The molecule has 3 aromatic rings. The van der Waals surface area contributed by atoms with E-state index in [1.807, 2.05) is 0 Å². The van der Waals surface area contributed by atoms with Crippen LogP contribution in [0.15, 0.2) is 30.5 Å². The van der Waals surface area contributed by atoms with Gasteiger partial charge in [-0.05, 0) is 82.4 Å². The largest absolute Gasteiger partial charge is 0.586 e. The number of halogens is 6. The molecule has 2 aromatic heterocycles. The molecule has 1 aromatic carbocycles. The maximum absolute atomic E-state index is 14.9. The standard InChI is InChI=1S/C31H29F6N3O6/c1-16(17-5-6-20-22(13-17)46-31(36,37)45-20)43-23-14-18(15-38-26(23)32)40-24-19(25(39-40)30(33,34)35)3-2-4-21(24)44-29-10-7-28(8-11-29,9-12-29)27(41)42/h5-6,13-16,21H,2-4,7-12H2,1H3,(H,41,42)/t16-,21+,28?,29?/m1/s1. The van der Waals surface area contributed by atoms with Gasteiger partial charge in [-0.2, -0.15) is 22.7 Å². The van der Waals surface area contributed by atoms with Gasteiger partial charge in [-0.3, -0.25) is 4.79 Å². The second kappa shape index (κ2) is 10.5. The van der Waals surface area contributed by atoms with E-state index in [1.165, 1.54) is 31.2 Å². The Morgan fingerprint density at radius 2 is 1.78 bits per heavy atom. The second-order valence-electron chi connectivity index (χ2n) is 12.5. The van der Waals surface area contributed by atoms with Crippen molar-refractivity contribution in [1.29, 1.82) is 0 Å². The van der Waals surface area contributed by atoms with Crippen LogP contribution < -0.4 is 14.2 Å². The normalized spacial score (nSPS) is 26.9. The van der Waals surface area contributed by atoms with Gasteiger partial charge in [0.1, 0.15) is 12.2 Å². The van der Waals surface area contributed by atoms with E-state index in [2.05, 4.69) is 19.6 Å². The molecule has 0 saturated heterocycles. The summed E-state index contributed by atoms with van der Waals surface area (Å²) >= 11 is 0. The van der Waals surface area contributed by atoms with E-state index in [9.17, 15) is 36.2 Å². The number of nitrogens with zero attached hydrogens (tertiary/aromatic N) is 3. The summed E-state index contributed by atoms with van der Waals surface area (Å²) in [7, 11) is 0. The molecule has 46 heavy (non-hydrogen) atoms. The first-order valence-electron chi connectivity index (χ1n) is 15.0. The fraction of sp³-hybridized carbons (Fsp3) is 0.516. The zero-order valence-electron chi connectivity index (χ0n) is 24.5. The molecule has 1 N–H and O–H groups in total. The van der Waals surface area contributed by atoms with Crippen LogP contribution in [0, 0.1) is 11.4 Å². The highest BCUT2D eigenvalue weighted by Crippen LogP contribution is 2.56. The first-order valence-corrected chi connectivity index (χ1v) is 15.0. The van der Waals surface area contributed by atoms with E-state index < -0.39 is 59.1 Å². The van der Waals surface area contributed by atoms with Crippen molar-refractivity contribution in [3.63, 3.8) is 0 Å². The van der Waals surface area contributed by atoms with Crippen LogP contribution in [0.3, 0.4) is 0 Å². The third-order valence-corrected chi connectivity index (χ3v) is 9.75. The minimum absolute atomic E-state index is 0.00543. The average molecular weight is 654 g/mol. The molecule has 1 aliphatic heterocycles. The van der Waals surface area contributed by atoms with Crippen molar-refractivity contribution in [3.8, 4) is 22.9 Å². The summed E-state index contributed by atoms with van der Waals surface area (Å²) in [6, 6.07) is 5.13. The van der Waals surface area contributed by atoms with Crippen molar-refractivity contribution in [3.05, 3.63) is 58.9 Å². The highest BCUT2D eigenvalue weighted by molar-refractivity contribution is 5.75. The fourth-order valence-electron chi connectivity index (χ4n) is 7.22. The van der Waals surface area contributed by atoms with Crippen molar-refractivity contribution in [2.45, 2.75) is 95.0 Å². The Kier molecular flexibility index (Phi) is 7.00. The number of hydrogen-bond acceptors (Lipinski definition) is 7.